The van der Waals surface area contributed by atoms with E-state index < -0.39 is 12.6 Å². The fraction of sp³-hybridized carbons (Fsp3) is 0.500. The summed E-state index contributed by atoms with van der Waals surface area (Å²) in [6.07, 6.45) is 3.09. The van der Waals surface area contributed by atoms with Gasteiger partial charge in [-0.25, -0.2) is 0 Å². The van der Waals surface area contributed by atoms with Crippen LogP contribution in [0.25, 0.3) is 0 Å². The van der Waals surface area contributed by atoms with Crippen LogP contribution in [-0.2, 0) is 0 Å². The quantitative estimate of drug-likeness (QED) is 0.473. The van der Waals surface area contributed by atoms with Gasteiger partial charge < -0.3 is 20.4 Å². The number of rotatable bonds is 2. The molecule has 0 aromatic carbocycles. The van der Waals surface area contributed by atoms with Gasteiger partial charge in [-0.2, -0.15) is 0 Å². The zero-order valence-electron chi connectivity index (χ0n) is 9.08. The normalized spacial score (nSPS) is 26.0. The van der Waals surface area contributed by atoms with E-state index in [4.69, 9.17) is 0 Å². The molecular weight excluding hydrogens is 240 g/mol. The highest BCUT2D eigenvalue weighted by Gasteiger charge is 2.37. The lowest BCUT2D eigenvalue weighted by Gasteiger charge is -2.33. The molecule has 3 aliphatic rings. The lowest BCUT2D eigenvalue weighted by molar-refractivity contribution is -0.0404. The molecule has 3 aliphatic carbocycles. The molecule has 5 heteroatoms. The van der Waals surface area contributed by atoms with Gasteiger partial charge in [0.05, 0.1) is 9.75 Å². The average molecular weight is 254 g/mol. The highest BCUT2D eigenvalue weighted by atomic mass is 32.1. The third-order valence-electron chi connectivity index (χ3n) is 3.62. The molecule has 1 aromatic rings. The highest BCUT2D eigenvalue weighted by molar-refractivity contribution is 7.12. The molecule has 4 nitrogen and oxygen atoms in total. The Kier molecular flexibility index (Phi) is 2.61. The average Bonchev–Trinajstić information content (AvgIpc) is 2.72. The summed E-state index contributed by atoms with van der Waals surface area (Å²) in [5.41, 5.74) is 1.82. The van der Waals surface area contributed by atoms with E-state index in [-0.39, 0.29) is 11.8 Å². The van der Waals surface area contributed by atoms with E-state index in [1.807, 2.05) is 0 Å². The van der Waals surface area contributed by atoms with Gasteiger partial charge in [-0.3, -0.25) is 0 Å². The Morgan fingerprint density at radius 1 is 0.882 bits per heavy atom. The predicted octanol–water partition coefficient (Wildman–Crippen LogP) is 1.25. The third kappa shape index (κ3) is 1.58. The predicted molar refractivity (Wildman–Crippen MR) is 62.5 cm³/mol. The van der Waals surface area contributed by atoms with Gasteiger partial charge in [0.2, 0.25) is 0 Å². The van der Waals surface area contributed by atoms with Crippen LogP contribution in [0.1, 0.15) is 58.1 Å². The van der Waals surface area contributed by atoms with Crippen LogP contribution in [0, 0.1) is 0 Å². The summed E-state index contributed by atoms with van der Waals surface area (Å²) in [6.45, 7) is 0. The first-order valence-electron chi connectivity index (χ1n) is 5.66. The monoisotopic (exact) mass is 254 g/mol. The largest absolute Gasteiger partial charge is 0.364 e. The van der Waals surface area contributed by atoms with E-state index in [9.17, 15) is 20.4 Å². The molecule has 0 fully saturated rings. The molecule has 2 atom stereocenters. The first-order valence-corrected chi connectivity index (χ1v) is 6.48. The number of thiophene rings is 1. The van der Waals surface area contributed by atoms with Crippen molar-refractivity contribution in [2.45, 2.75) is 37.3 Å². The lowest BCUT2D eigenvalue weighted by Crippen LogP contribution is -2.18. The minimum Gasteiger partial charge on any atom is -0.364 e. The standard InChI is InChI=1S/C12H14O4S/c13-11(14)9-7-5-1-2-6(4-3-5)8(7)10(17-9)12(15)16/h1-2,5-6,11-16H,3-4H2. The summed E-state index contributed by atoms with van der Waals surface area (Å²) >= 11 is 1.10. The van der Waals surface area contributed by atoms with Gasteiger partial charge in [0, 0.05) is 11.8 Å². The summed E-state index contributed by atoms with van der Waals surface area (Å²) in [5, 5.41) is 37.5. The van der Waals surface area contributed by atoms with Crippen LogP contribution < -0.4 is 0 Å². The fourth-order valence-corrected chi connectivity index (χ4v) is 4.13. The second-order valence-corrected chi connectivity index (χ2v) is 5.66. The summed E-state index contributed by atoms with van der Waals surface area (Å²) in [4.78, 5) is 0.921. The molecule has 1 aromatic heterocycles. The van der Waals surface area contributed by atoms with Gasteiger partial charge in [0.15, 0.2) is 12.6 Å². The van der Waals surface area contributed by atoms with E-state index in [0.29, 0.717) is 9.75 Å². The first kappa shape index (κ1) is 11.4. The van der Waals surface area contributed by atoms with E-state index >= 15 is 0 Å². The maximum Gasteiger partial charge on any atom is 0.188 e. The molecule has 0 saturated carbocycles. The number of aliphatic hydroxyl groups excluding tert-OH is 2. The van der Waals surface area contributed by atoms with Crippen LogP contribution >= 0.6 is 11.3 Å². The second-order valence-electron chi connectivity index (χ2n) is 4.58. The number of hydrogen-bond acceptors (Lipinski definition) is 5. The van der Waals surface area contributed by atoms with Crippen molar-refractivity contribution in [2.75, 3.05) is 0 Å². The summed E-state index contributed by atoms with van der Waals surface area (Å²) in [5.74, 6) is 0.381. The molecule has 92 valence electrons. The summed E-state index contributed by atoms with van der Waals surface area (Å²) in [7, 11) is 0. The smallest absolute Gasteiger partial charge is 0.188 e. The number of hydrogen-bond donors (Lipinski definition) is 4. The van der Waals surface area contributed by atoms with Crippen LogP contribution in [-0.4, -0.2) is 20.4 Å². The number of fused-ring (bicyclic) bond motifs is 1. The summed E-state index contributed by atoms with van der Waals surface area (Å²) in [6, 6.07) is 0. The van der Waals surface area contributed by atoms with Crippen LogP contribution in [0.5, 0.6) is 0 Å². The topological polar surface area (TPSA) is 80.9 Å². The van der Waals surface area contributed by atoms with Crippen LogP contribution in [0.4, 0.5) is 0 Å². The molecule has 2 bridgehead atoms. The number of aliphatic hydroxyl groups is 4. The number of allylic oxidation sites excluding steroid dienone is 2. The zero-order chi connectivity index (χ0) is 12.2. The molecule has 4 N–H and O–H groups in total. The molecule has 4 rings (SSSR count). The van der Waals surface area contributed by atoms with Crippen molar-refractivity contribution in [1.29, 1.82) is 0 Å². The molecule has 1 heterocycles. The van der Waals surface area contributed by atoms with Gasteiger partial charge in [-0.15, -0.1) is 11.3 Å². The van der Waals surface area contributed by atoms with Gasteiger partial charge >= 0.3 is 0 Å². The summed E-state index contributed by atoms with van der Waals surface area (Å²) < 4.78 is 0. The third-order valence-corrected chi connectivity index (χ3v) is 4.92. The molecule has 0 radical (unpaired) electrons. The van der Waals surface area contributed by atoms with E-state index in [1.165, 1.54) is 0 Å². The van der Waals surface area contributed by atoms with Crippen LogP contribution in [0.2, 0.25) is 0 Å². The molecule has 2 unspecified atom stereocenters. The second kappa shape index (κ2) is 3.90. The van der Waals surface area contributed by atoms with Crippen molar-refractivity contribution < 1.29 is 20.4 Å². The van der Waals surface area contributed by atoms with E-state index in [0.717, 1.165) is 35.3 Å². The molecular formula is C12H14O4S. The highest BCUT2D eigenvalue weighted by Crippen LogP contribution is 2.52. The minimum atomic E-state index is -1.53. The minimum absolute atomic E-state index is 0.190. The SMILES string of the molecule is OC(O)c1sc(C(O)O)c2c1C1C=CC2CC1. The van der Waals surface area contributed by atoms with Gasteiger partial charge in [-0.1, -0.05) is 12.2 Å². The van der Waals surface area contributed by atoms with Crippen molar-refractivity contribution in [3.63, 3.8) is 0 Å². The maximum atomic E-state index is 9.38. The van der Waals surface area contributed by atoms with Crippen molar-refractivity contribution >= 4 is 11.3 Å². The fourth-order valence-electron chi connectivity index (χ4n) is 2.94. The Hall–Kier alpha value is -0.720. The van der Waals surface area contributed by atoms with Gasteiger partial charge in [0.1, 0.15) is 0 Å². The zero-order valence-corrected chi connectivity index (χ0v) is 9.89. The molecule has 0 aliphatic heterocycles. The van der Waals surface area contributed by atoms with E-state index in [1.54, 1.807) is 0 Å². The Labute approximate surface area is 102 Å². The van der Waals surface area contributed by atoms with Crippen molar-refractivity contribution in [2.24, 2.45) is 0 Å². The molecule has 0 spiro atoms. The van der Waals surface area contributed by atoms with E-state index in [2.05, 4.69) is 12.2 Å². The van der Waals surface area contributed by atoms with Crippen LogP contribution in [0.3, 0.4) is 0 Å². The first-order chi connectivity index (χ1) is 8.09. The van der Waals surface area contributed by atoms with Gasteiger partial charge in [0.25, 0.3) is 0 Å². The molecule has 17 heavy (non-hydrogen) atoms. The molecule has 0 saturated heterocycles. The Morgan fingerprint density at radius 2 is 1.29 bits per heavy atom. The Morgan fingerprint density at radius 3 is 1.59 bits per heavy atom. The molecule has 0 amide bonds. The maximum absolute atomic E-state index is 9.38. The van der Waals surface area contributed by atoms with Crippen molar-refractivity contribution in [1.82, 2.24) is 0 Å². The van der Waals surface area contributed by atoms with Gasteiger partial charge in [-0.05, 0) is 24.0 Å². The lowest BCUT2D eigenvalue weighted by atomic mass is 9.71. The van der Waals surface area contributed by atoms with Crippen LogP contribution in [0.15, 0.2) is 12.2 Å². The Bertz CT molecular complexity index is 435. The Balaban J connectivity index is 2.22. The van der Waals surface area contributed by atoms with Crippen molar-refractivity contribution in [3.8, 4) is 0 Å². The van der Waals surface area contributed by atoms with Crippen molar-refractivity contribution in [3.05, 3.63) is 33.0 Å².